The quantitative estimate of drug-likeness (QED) is 0.702. The van der Waals surface area contributed by atoms with E-state index in [-0.39, 0.29) is 5.41 Å². The van der Waals surface area contributed by atoms with Crippen LogP contribution in [-0.2, 0) is 14.8 Å². The summed E-state index contributed by atoms with van der Waals surface area (Å²) in [5, 5.41) is 0. The molecule has 4 fully saturated rings. The van der Waals surface area contributed by atoms with E-state index in [9.17, 15) is 8.42 Å². The molecular weight excluding hydrogens is 312 g/mol. The molecule has 2 heterocycles. The normalized spacial score (nSPS) is 36.3. The molecule has 2 aliphatic carbocycles. The molecule has 0 unspecified atom stereocenters. The lowest BCUT2D eigenvalue weighted by Gasteiger charge is -2.30. The number of sulfonamides is 1. The molecule has 2 saturated heterocycles. The van der Waals surface area contributed by atoms with Crippen LogP contribution < -0.4 is 0 Å². The highest BCUT2D eigenvalue weighted by molar-refractivity contribution is 7.88. The summed E-state index contributed by atoms with van der Waals surface area (Å²) in [6.45, 7) is 6.48. The first-order valence-electron chi connectivity index (χ1n) is 9.20. The van der Waals surface area contributed by atoms with Gasteiger partial charge in [-0.1, -0.05) is 0 Å². The van der Waals surface area contributed by atoms with Crippen LogP contribution in [0.15, 0.2) is 0 Å². The number of hydrogen-bond donors (Lipinski definition) is 0. The Bertz CT molecular complexity index is 544. The first-order chi connectivity index (χ1) is 10.9. The van der Waals surface area contributed by atoms with Gasteiger partial charge in [-0.05, 0) is 43.9 Å². The van der Waals surface area contributed by atoms with E-state index in [1.165, 1.54) is 38.5 Å². The van der Waals surface area contributed by atoms with Crippen LogP contribution >= 0.6 is 0 Å². The molecule has 0 aromatic heterocycles. The molecule has 0 bridgehead atoms. The second-order valence-corrected chi connectivity index (χ2v) is 10.5. The monoisotopic (exact) mass is 342 g/mol. The molecule has 2 aliphatic heterocycles. The molecule has 132 valence electrons. The average Bonchev–Trinajstić information content (AvgIpc) is 3.38. The van der Waals surface area contributed by atoms with Crippen LogP contribution in [0.4, 0.5) is 0 Å². The second-order valence-electron chi connectivity index (χ2n) is 8.52. The van der Waals surface area contributed by atoms with E-state index in [0.29, 0.717) is 19.0 Å². The zero-order valence-corrected chi connectivity index (χ0v) is 15.1. The van der Waals surface area contributed by atoms with Gasteiger partial charge in [-0.3, -0.25) is 0 Å². The third-order valence-corrected chi connectivity index (χ3v) is 7.54. The van der Waals surface area contributed by atoms with Crippen molar-refractivity contribution in [3.63, 3.8) is 0 Å². The lowest BCUT2D eigenvalue weighted by atomic mass is 9.78. The number of rotatable bonds is 7. The lowest BCUT2D eigenvalue weighted by Crippen LogP contribution is -2.38. The molecule has 4 rings (SSSR count). The summed E-state index contributed by atoms with van der Waals surface area (Å²) < 4.78 is 31.6. The molecule has 0 amide bonds. The van der Waals surface area contributed by atoms with Crippen molar-refractivity contribution in [1.29, 1.82) is 0 Å². The van der Waals surface area contributed by atoms with E-state index in [1.807, 2.05) is 0 Å². The summed E-state index contributed by atoms with van der Waals surface area (Å²) in [7, 11) is -3.07. The van der Waals surface area contributed by atoms with E-state index in [0.717, 1.165) is 44.6 Å². The number of likely N-dealkylation sites (tertiary alicyclic amines) is 1. The molecule has 4 aliphatic rings. The lowest BCUT2D eigenvalue weighted by molar-refractivity contribution is 0.0581. The maximum Gasteiger partial charge on any atom is 0.211 e. The van der Waals surface area contributed by atoms with Crippen LogP contribution in [0.2, 0.25) is 0 Å². The Labute approximate surface area is 140 Å². The summed E-state index contributed by atoms with van der Waals surface area (Å²) >= 11 is 0. The Morgan fingerprint density at radius 1 is 1.09 bits per heavy atom. The van der Waals surface area contributed by atoms with Gasteiger partial charge in [0, 0.05) is 50.7 Å². The Kier molecular flexibility index (Phi) is 4.23. The predicted octanol–water partition coefficient (Wildman–Crippen LogP) is 1.41. The third kappa shape index (κ3) is 3.75. The van der Waals surface area contributed by atoms with Gasteiger partial charge in [0.1, 0.15) is 0 Å². The Balaban J connectivity index is 1.42. The van der Waals surface area contributed by atoms with Crippen LogP contribution in [-0.4, -0.2) is 69.8 Å². The maximum absolute atomic E-state index is 11.9. The highest BCUT2D eigenvalue weighted by Crippen LogP contribution is 2.46. The van der Waals surface area contributed by atoms with Crippen LogP contribution in [0.1, 0.15) is 32.1 Å². The largest absolute Gasteiger partial charge is 0.381 e. The van der Waals surface area contributed by atoms with Crippen molar-refractivity contribution in [2.75, 3.05) is 52.2 Å². The van der Waals surface area contributed by atoms with Gasteiger partial charge in [-0.2, -0.15) is 0 Å². The Morgan fingerprint density at radius 3 is 2.43 bits per heavy atom. The molecular formula is C17H30N2O3S. The first kappa shape index (κ1) is 16.3. The highest BCUT2D eigenvalue weighted by Gasteiger charge is 2.52. The van der Waals surface area contributed by atoms with E-state index < -0.39 is 10.0 Å². The van der Waals surface area contributed by atoms with Gasteiger partial charge >= 0.3 is 0 Å². The van der Waals surface area contributed by atoms with E-state index in [2.05, 4.69) is 4.90 Å². The van der Waals surface area contributed by atoms with Gasteiger partial charge in [0.05, 0.1) is 12.9 Å². The van der Waals surface area contributed by atoms with Gasteiger partial charge in [0.15, 0.2) is 0 Å². The van der Waals surface area contributed by atoms with Crippen LogP contribution in [0.25, 0.3) is 0 Å². The minimum atomic E-state index is -3.07. The molecule has 23 heavy (non-hydrogen) atoms. The predicted molar refractivity (Wildman–Crippen MR) is 89.7 cm³/mol. The van der Waals surface area contributed by atoms with Crippen molar-refractivity contribution in [1.82, 2.24) is 9.21 Å². The maximum atomic E-state index is 11.9. The van der Waals surface area contributed by atoms with Crippen LogP contribution in [0.5, 0.6) is 0 Å². The summed E-state index contributed by atoms with van der Waals surface area (Å²) in [6, 6.07) is 0. The van der Waals surface area contributed by atoms with Crippen LogP contribution in [0.3, 0.4) is 0 Å². The molecule has 1 spiro atoms. The van der Waals surface area contributed by atoms with Crippen molar-refractivity contribution < 1.29 is 13.2 Å². The summed E-state index contributed by atoms with van der Waals surface area (Å²) in [5.74, 6) is 2.18. The Morgan fingerprint density at radius 2 is 1.83 bits per heavy atom. The van der Waals surface area contributed by atoms with Crippen molar-refractivity contribution in [3.05, 3.63) is 0 Å². The number of nitrogens with zero attached hydrogens (tertiary/aromatic N) is 2. The highest BCUT2D eigenvalue weighted by atomic mass is 32.2. The molecule has 2 saturated carbocycles. The van der Waals surface area contributed by atoms with Crippen molar-refractivity contribution in [2.24, 2.45) is 23.2 Å². The fourth-order valence-corrected chi connectivity index (χ4v) is 5.36. The fourth-order valence-electron chi connectivity index (χ4n) is 4.44. The third-order valence-electron chi connectivity index (χ3n) is 6.29. The number of hydrogen-bond acceptors (Lipinski definition) is 4. The topological polar surface area (TPSA) is 49.9 Å². The minimum Gasteiger partial charge on any atom is -0.381 e. The number of ether oxygens (including phenoxy) is 1. The van der Waals surface area contributed by atoms with E-state index in [4.69, 9.17) is 4.74 Å². The van der Waals surface area contributed by atoms with E-state index >= 15 is 0 Å². The molecule has 0 N–H and O–H groups in total. The van der Waals surface area contributed by atoms with Gasteiger partial charge in [0.25, 0.3) is 0 Å². The average molecular weight is 343 g/mol. The minimum absolute atomic E-state index is 0.127. The molecule has 5 nitrogen and oxygen atoms in total. The Hall–Kier alpha value is -0.170. The van der Waals surface area contributed by atoms with Crippen molar-refractivity contribution in [2.45, 2.75) is 32.1 Å². The molecule has 6 heteroatoms. The summed E-state index contributed by atoms with van der Waals surface area (Å²) in [5.41, 5.74) is 0.127. The van der Waals surface area contributed by atoms with Gasteiger partial charge < -0.3 is 9.64 Å². The second kappa shape index (κ2) is 5.97. The molecule has 0 aromatic rings. The van der Waals surface area contributed by atoms with Crippen LogP contribution in [0, 0.1) is 23.2 Å². The smallest absolute Gasteiger partial charge is 0.211 e. The zero-order valence-electron chi connectivity index (χ0n) is 14.2. The standard InChI is InChI=1S/C17H30N2O3S/c1-23(20,21)19-7-6-17(13-19)12-18(8-14-2-3-14)9-16(17)11-22-10-15-4-5-15/h14-16H,2-13H2,1H3/t16-,17+/m0/s1. The van der Waals surface area contributed by atoms with Crippen molar-refractivity contribution >= 4 is 10.0 Å². The van der Waals surface area contributed by atoms with Gasteiger partial charge in [-0.25, -0.2) is 12.7 Å². The van der Waals surface area contributed by atoms with Gasteiger partial charge in [0.2, 0.25) is 10.0 Å². The molecule has 2 atom stereocenters. The fraction of sp³-hybridized carbons (Fsp3) is 1.00. The zero-order chi connectivity index (χ0) is 16.1. The summed E-state index contributed by atoms with van der Waals surface area (Å²) in [6.07, 6.45) is 7.75. The molecule has 0 radical (unpaired) electrons. The SMILES string of the molecule is CS(=O)(=O)N1CC[C@@]2(CN(CC3CC3)C[C@H]2COCC2CC2)C1. The van der Waals surface area contributed by atoms with E-state index in [1.54, 1.807) is 4.31 Å². The first-order valence-corrected chi connectivity index (χ1v) is 11.0. The van der Waals surface area contributed by atoms with Crippen molar-refractivity contribution in [3.8, 4) is 0 Å². The summed E-state index contributed by atoms with van der Waals surface area (Å²) in [4.78, 5) is 2.59. The molecule has 0 aromatic carbocycles. The van der Waals surface area contributed by atoms with Gasteiger partial charge in [-0.15, -0.1) is 0 Å².